The predicted octanol–water partition coefficient (Wildman–Crippen LogP) is 2.60. The molecule has 3 rings (SSSR count). The molecule has 1 saturated heterocycles. The Labute approximate surface area is 155 Å². The number of nitrogens with two attached hydrogens (primary N) is 1. The number of anilines is 1. The summed E-state index contributed by atoms with van der Waals surface area (Å²) in [6.45, 7) is 0.801. The minimum absolute atomic E-state index is 0.201. The summed E-state index contributed by atoms with van der Waals surface area (Å²) in [7, 11) is 0. The number of nitrogens with zero attached hydrogens (tertiary/aromatic N) is 1. The van der Waals surface area contributed by atoms with Crippen molar-refractivity contribution in [2.45, 2.75) is 18.9 Å². The topological polar surface area (TPSA) is 95.7 Å². The molecule has 2 heterocycles. The minimum Gasteiger partial charge on any atom is -0.465 e. The molecule has 0 aliphatic carbocycles. The van der Waals surface area contributed by atoms with Gasteiger partial charge in [0, 0.05) is 24.7 Å². The molecule has 0 unspecified atom stereocenters. The van der Waals surface area contributed by atoms with Crippen LogP contribution < -0.4 is 11.1 Å². The van der Waals surface area contributed by atoms with Crippen molar-refractivity contribution in [1.29, 1.82) is 0 Å². The second kappa shape index (κ2) is 7.93. The fourth-order valence-electron chi connectivity index (χ4n) is 2.82. The molecular weight excluding hydrogens is 350 g/mol. The number of carbonyl (C=O) groups is 2. The molecule has 0 saturated carbocycles. The predicted molar refractivity (Wildman–Crippen MR) is 101 cm³/mol. The third-order valence-corrected chi connectivity index (χ3v) is 5.16. The largest absolute Gasteiger partial charge is 0.465 e. The van der Waals surface area contributed by atoms with Crippen LogP contribution in [0.15, 0.2) is 36.4 Å². The van der Waals surface area contributed by atoms with Gasteiger partial charge in [-0.1, -0.05) is 30.0 Å². The molecule has 1 atom stereocenters. The van der Waals surface area contributed by atoms with Gasteiger partial charge in [0.05, 0.1) is 10.6 Å². The van der Waals surface area contributed by atoms with Crippen LogP contribution in [0.3, 0.4) is 0 Å². The maximum atomic E-state index is 12.5. The Kier molecular flexibility index (Phi) is 5.44. The van der Waals surface area contributed by atoms with E-state index in [0.29, 0.717) is 28.5 Å². The highest BCUT2D eigenvalue weighted by atomic mass is 32.1. The first-order chi connectivity index (χ1) is 12.5. The Hall–Kier alpha value is -2.98. The second-order valence-corrected chi connectivity index (χ2v) is 7.10. The zero-order chi connectivity index (χ0) is 18.5. The third-order valence-electron chi connectivity index (χ3n) is 4.10. The van der Waals surface area contributed by atoms with Gasteiger partial charge in [-0.25, -0.2) is 4.79 Å². The monoisotopic (exact) mass is 369 g/mol. The SMILES string of the molecule is Nc1cc(C#Cc2ccccc2)sc1C(=O)N[C@H]1CCCN(C(=O)O)C1. The molecule has 2 aromatic rings. The van der Waals surface area contributed by atoms with E-state index in [2.05, 4.69) is 17.2 Å². The highest BCUT2D eigenvalue weighted by molar-refractivity contribution is 7.15. The van der Waals surface area contributed by atoms with Gasteiger partial charge in [0.2, 0.25) is 0 Å². The number of hydrogen-bond acceptors (Lipinski definition) is 4. The Morgan fingerprint density at radius 2 is 2.04 bits per heavy atom. The number of carboxylic acid groups (broad SMARTS) is 1. The first kappa shape index (κ1) is 17.8. The standard InChI is InChI=1S/C19H19N3O3S/c20-16-11-15(9-8-13-5-2-1-3-6-13)26-17(16)18(23)21-14-7-4-10-22(12-14)19(24)25/h1-3,5-6,11,14H,4,7,10,12,20H2,(H,21,23)(H,24,25)/t14-/m0/s1. The zero-order valence-electron chi connectivity index (χ0n) is 14.1. The van der Waals surface area contributed by atoms with E-state index in [1.165, 1.54) is 16.2 Å². The smallest absolute Gasteiger partial charge is 0.407 e. The van der Waals surface area contributed by atoms with Gasteiger partial charge in [-0.05, 0) is 31.0 Å². The van der Waals surface area contributed by atoms with Crippen LogP contribution in [-0.2, 0) is 0 Å². The lowest BCUT2D eigenvalue weighted by Crippen LogP contribution is -2.49. The van der Waals surface area contributed by atoms with E-state index in [9.17, 15) is 9.59 Å². The van der Waals surface area contributed by atoms with Crippen molar-refractivity contribution in [3.8, 4) is 11.8 Å². The van der Waals surface area contributed by atoms with Crippen LogP contribution in [0, 0.1) is 11.8 Å². The van der Waals surface area contributed by atoms with Crippen LogP contribution in [0.5, 0.6) is 0 Å². The normalized spacial score (nSPS) is 16.5. The number of benzene rings is 1. The summed E-state index contributed by atoms with van der Waals surface area (Å²) >= 11 is 1.24. The van der Waals surface area contributed by atoms with E-state index in [1.807, 2.05) is 30.3 Å². The molecule has 1 aromatic carbocycles. The summed E-state index contributed by atoms with van der Waals surface area (Å²) in [6.07, 6.45) is 0.518. The van der Waals surface area contributed by atoms with Crippen molar-refractivity contribution in [2.75, 3.05) is 18.8 Å². The van der Waals surface area contributed by atoms with Gasteiger partial charge < -0.3 is 21.1 Å². The van der Waals surface area contributed by atoms with Gasteiger partial charge in [0.15, 0.2) is 0 Å². The average Bonchev–Trinajstić information content (AvgIpc) is 3.02. The van der Waals surface area contributed by atoms with Crippen molar-refractivity contribution >= 4 is 29.0 Å². The maximum Gasteiger partial charge on any atom is 0.407 e. The molecule has 0 spiro atoms. The molecule has 1 aromatic heterocycles. The first-order valence-corrected chi connectivity index (χ1v) is 9.09. The summed E-state index contributed by atoms with van der Waals surface area (Å²) in [4.78, 5) is 26.0. The molecule has 1 fully saturated rings. The number of thiophene rings is 1. The Balaban J connectivity index is 1.68. The third kappa shape index (κ3) is 4.35. The summed E-state index contributed by atoms with van der Waals surface area (Å²) in [5.41, 5.74) is 7.24. The molecule has 134 valence electrons. The molecule has 1 aliphatic rings. The van der Waals surface area contributed by atoms with Crippen LogP contribution >= 0.6 is 11.3 Å². The Bertz CT molecular complexity index is 867. The van der Waals surface area contributed by atoms with Crippen molar-refractivity contribution in [2.24, 2.45) is 0 Å². The molecule has 26 heavy (non-hydrogen) atoms. The Morgan fingerprint density at radius 3 is 2.77 bits per heavy atom. The van der Waals surface area contributed by atoms with Gasteiger partial charge in [-0.15, -0.1) is 11.3 Å². The number of nitrogens with one attached hydrogen (secondary N) is 1. The maximum absolute atomic E-state index is 12.5. The molecule has 1 aliphatic heterocycles. The number of rotatable bonds is 2. The quantitative estimate of drug-likeness (QED) is 0.709. The highest BCUT2D eigenvalue weighted by Gasteiger charge is 2.25. The average molecular weight is 369 g/mol. The van der Waals surface area contributed by atoms with Gasteiger partial charge >= 0.3 is 6.09 Å². The van der Waals surface area contributed by atoms with Gasteiger partial charge in [0.25, 0.3) is 5.91 Å². The summed E-state index contributed by atoms with van der Waals surface area (Å²) in [5.74, 6) is 5.79. The number of hydrogen-bond donors (Lipinski definition) is 3. The Morgan fingerprint density at radius 1 is 1.27 bits per heavy atom. The molecule has 0 radical (unpaired) electrons. The van der Waals surface area contributed by atoms with Crippen molar-refractivity contribution < 1.29 is 14.7 Å². The fraction of sp³-hybridized carbons (Fsp3) is 0.263. The fourth-order valence-corrected chi connectivity index (χ4v) is 3.66. The van der Waals surface area contributed by atoms with Gasteiger partial charge in [-0.3, -0.25) is 4.79 Å². The lowest BCUT2D eigenvalue weighted by Gasteiger charge is -2.31. The van der Waals surface area contributed by atoms with E-state index in [0.717, 1.165) is 18.4 Å². The van der Waals surface area contributed by atoms with Crippen molar-refractivity contribution in [3.05, 3.63) is 51.7 Å². The molecule has 4 N–H and O–H groups in total. The van der Waals surface area contributed by atoms with Crippen LogP contribution in [0.2, 0.25) is 0 Å². The second-order valence-electron chi connectivity index (χ2n) is 6.05. The van der Waals surface area contributed by atoms with Crippen LogP contribution in [0.1, 0.15) is 33.0 Å². The van der Waals surface area contributed by atoms with Crippen molar-refractivity contribution in [3.63, 3.8) is 0 Å². The number of likely N-dealkylation sites (tertiary alicyclic amines) is 1. The summed E-state index contributed by atoms with van der Waals surface area (Å²) < 4.78 is 0. The van der Waals surface area contributed by atoms with E-state index >= 15 is 0 Å². The summed E-state index contributed by atoms with van der Waals surface area (Å²) in [6, 6.07) is 11.1. The van der Waals surface area contributed by atoms with E-state index < -0.39 is 6.09 Å². The van der Waals surface area contributed by atoms with E-state index in [4.69, 9.17) is 10.8 Å². The van der Waals surface area contributed by atoms with Crippen LogP contribution in [-0.4, -0.2) is 41.1 Å². The van der Waals surface area contributed by atoms with Gasteiger partial charge in [-0.2, -0.15) is 0 Å². The number of nitrogen functional groups attached to an aromatic ring is 1. The lowest BCUT2D eigenvalue weighted by atomic mass is 10.1. The minimum atomic E-state index is -0.960. The van der Waals surface area contributed by atoms with Crippen LogP contribution in [0.25, 0.3) is 0 Å². The van der Waals surface area contributed by atoms with E-state index in [-0.39, 0.29) is 11.9 Å². The summed E-state index contributed by atoms with van der Waals surface area (Å²) in [5, 5.41) is 12.0. The number of carbonyl (C=O) groups excluding carboxylic acids is 1. The number of amides is 2. The van der Waals surface area contributed by atoms with Crippen molar-refractivity contribution in [1.82, 2.24) is 10.2 Å². The highest BCUT2D eigenvalue weighted by Crippen LogP contribution is 2.24. The molecular formula is C19H19N3O3S. The first-order valence-electron chi connectivity index (χ1n) is 8.28. The molecule has 2 amide bonds. The lowest BCUT2D eigenvalue weighted by molar-refractivity contribution is 0.0893. The van der Waals surface area contributed by atoms with E-state index in [1.54, 1.807) is 6.07 Å². The van der Waals surface area contributed by atoms with Crippen LogP contribution in [0.4, 0.5) is 10.5 Å². The molecule has 6 nitrogen and oxygen atoms in total. The zero-order valence-corrected chi connectivity index (χ0v) is 14.9. The number of piperidine rings is 1. The molecule has 7 heteroatoms. The molecule has 0 bridgehead atoms. The van der Waals surface area contributed by atoms with Gasteiger partial charge in [0.1, 0.15) is 4.88 Å².